The zero-order valence-corrected chi connectivity index (χ0v) is 11.3. The summed E-state index contributed by atoms with van der Waals surface area (Å²) in [5.74, 6) is -0.228. The van der Waals surface area contributed by atoms with Crippen LogP contribution in [0.25, 0.3) is 0 Å². The molecule has 0 amide bonds. The van der Waals surface area contributed by atoms with Gasteiger partial charge in [0.15, 0.2) is 0 Å². The number of esters is 1. The molecule has 0 bridgehead atoms. The van der Waals surface area contributed by atoms with E-state index in [4.69, 9.17) is 9.47 Å². The van der Waals surface area contributed by atoms with Crippen LogP contribution in [-0.2, 0) is 14.3 Å². The third-order valence-electron chi connectivity index (χ3n) is 3.74. The number of hydrogen-bond donors (Lipinski definition) is 1. The van der Waals surface area contributed by atoms with Crippen LogP contribution in [0.4, 0.5) is 0 Å². The number of rotatable bonds is 4. The molecule has 17 heavy (non-hydrogen) atoms. The fourth-order valence-electron chi connectivity index (χ4n) is 2.30. The zero-order valence-electron chi connectivity index (χ0n) is 11.3. The second kappa shape index (κ2) is 6.33. The van der Waals surface area contributed by atoms with E-state index >= 15 is 0 Å². The molecule has 1 aliphatic heterocycles. The van der Waals surface area contributed by atoms with Crippen LogP contribution in [0.1, 0.15) is 20.3 Å². The second-order valence-electron chi connectivity index (χ2n) is 4.61. The highest BCUT2D eigenvalue weighted by molar-refractivity contribution is 5.81. The number of nitrogens with zero attached hydrogens (tertiary/aromatic N) is 1. The molecular weight excluding hydrogens is 220 g/mol. The van der Waals surface area contributed by atoms with Crippen molar-refractivity contribution in [3.8, 4) is 0 Å². The number of methoxy groups -OCH3 is 2. The van der Waals surface area contributed by atoms with Crippen LogP contribution < -0.4 is 5.32 Å². The van der Waals surface area contributed by atoms with E-state index in [-0.39, 0.29) is 12.1 Å². The third kappa shape index (κ3) is 2.97. The van der Waals surface area contributed by atoms with E-state index in [0.717, 1.165) is 32.6 Å². The maximum Gasteiger partial charge on any atom is 0.328 e. The minimum atomic E-state index is -0.713. The average molecular weight is 244 g/mol. The van der Waals surface area contributed by atoms with Gasteiger partial charge < -0.3 is 14.8 Å². The van der Waals surface area contributed by atoms with Gasteiger partial charge in [-0.15, -0.1) is 0 Å². The van der Waals surface area contributed by atoms with Gasteiger partial charge >= 0.3 is 5.97 Å². The Morgan fingerprint density at radius 3 is 2.65 bits per heavy atom. The normalized spacial score (nSPS) is 23.5. The molecule has 5 heteroatoms. The van der Waals surface area contributed by atoms with Crippen LogP contribution in [0.15, 0.2) is 0 Å². The van der Waals surface area contributed by atoms with Crippen LogP contribution in [0, 0.1) is 0 Å². The van der Waals surface area contributed by atoms with Crippen molar-refractivity contribution in [3.63, 3.8) is 0 Å². The quantitative estimate of drug-likeness (QED) is 0.718. The first-order valence-corrected chi connectivity index (χ1v) is 6.14. The summed E-state index contributed by atoms with van der Waals surface area (Å²) in [6.07, 6.45) is 0.830. The first-order chi connectivity index (χ1) is 8.07. The molecule has 1 saturated heterocycles. The van der Waals surface area contributed by atoms with Gasteiger partial charge in [0, 0.05) is 26.7 Å². The van der Waals surface area contributed by atoms with Gasteiger partial charge in [-0.1, -0.05) is 0 Å². The molecule has 0 aromatic carbocycles. The highest BCUT2D eigenvalue weighted by Crippen LogP contribution is 2.24. The predicted molar refractivity (Wildman–Crippen MR) is 66.0 cm³/mol. The summed E-state index contributed by atoms with van der Waals surface area (Å²) in [5.41, 5.74) is -0.713. The fourth-order valence-corrected chi connectivity index (χ4v) is 2.30. The first-order valence-electron chi connectivity index (χ1n) is 6.14. The lowest BCUT2D eigenvalue weighted by Gasteiger charge is -2.41. The van der Waals surface area contributed by atoms with Crippen LogP contribution in [0.3, 0.4) is 0 Å². The van der Waals surface area contributed by atoms with Gasteiger partial charge in [0.1, 0.15) is 5.54 Å². The van der Waals surface area contributed by atoms with E-state index in [1.165, 1.54) is 7.11 Å². The standard InChI is InChI=1S/C12H24N2O3/c1-10(16-3)12(2,11(15)17-4)14-8-5-6-13-7-9-14/h10,13H,5-9H2,1-4H3. The zero-order chi connectivity index (χ0) is 12.9. The van der Waals surface area contributed by atoms with Crippen molar-refractivity contribution in [2.75, 3.05) is 40.4 Å². The number of carbonyl (C=O) groups is 1. The minimum Gasteiger partial charge on any atom is -0.468 e. The third-order valence-corrected chi connectivity index (χ3v) is 3.74. The van der Waals surface area contributed by atoms with Crippen molar-refractivity contribution in [3.05, 3.63) is 0 Å². The Morgan fingerprint density at radius 1 is 1.35 bits per heavy atom. The maximum atomic E-state index is 12.1. The van der Waals surface area contributed by atoms with E-state index in [1.807, 2.05) is 13.8 Å². The molecule has 100 valence electrons. The first kappa shape index (κ1) is 14.4. The van der Waals surface area contributed by atoms with Gasteiger partial charge in [0.25, 0.3) is 0 Å². The molecule has 0 aromatic rings. The molecule has 2 atom stereocenters. The molecule has 0 aliphatic carbocycles. The number of carbonyl (C=O) groups excluding carboxylic acids is 1. The average Bonchev–Trinajstić information content (AvgIpc) is 2.64. The monoisotopic (exact) mass is 244 g/mol. The molecule has 1 N–H and O–H groups in total. The topological polar surface area (TPSA) is 50.8 Å². The maximum absolute atomic E-state index is 12.1. The van der Waals surface area contributed by atoms with Gasteiger partial charge in [-0.05, 0) is 26.8 Å². The van der Waals surface area contributed by atoms with E-state index in [2.05, 4.69) is 10.2 Å². The number of nitrogens with one attached hydrogen (secondary N) is 1. The summed E-state index contributed by atoms with van der Waals surface area (Å²) in [7, 11) is 3.06. The van der Waals surface area contributed by atoms with Crippen molar-refractivity contribution in [1.29, 1.82) is 0 Å². The van der Waals surface area contributed by atoms with Gasteiger partial charge in [-0.3, -0.25) is 4.90 Å². The largest absolute Gasteiger partial charge is 0.468 e. The summed E-state index contributed by atoms with van der Waals surface area (Å²) < 4.78 is 10.3. The minimum absolute atomic E-state index is 0.201. The Labute approximate surface area is 103 Å². The molecule has 5 nitrogen and oxygen atoms in total. The Kier molecular flexibility index (Phi) is 5.36. The molecule has 0 saturated carbocycles. The van der Waals surface area contributed by atoms with Crippen molar-refractivity contribution in [2.45, 2.75) is 31.9 Å². The van der Waals surface area contributed by atoms with Crippen LogP contribution >= 0.6 is 0 Å². The summed E-state index contributed by atoms with van der Waals surface area (Å²) >= 11 is 0. The molecule has 0 aromatic heterocycles. The van der Waals surface area contributed by atoms with Crippen LogP contribution in [0.2, 0.25) is 0 Å². The Balaban J connectivity index is 2.90. The molecule has 1 heterocycles. The van der Waals surface area contributed by atoms with E-state index in [0.29, 0.717) is 0 Å². The summed E-state index contributed by atoms with van der Waals surface area (Å²) in [5, 5.41) is 3.33. The second-order valence-corrected chi connectivity index (χ2v) is 4.61. The molecular formula is C12H24N2O3. The predicted octanol–water partition coefficient (Wildman–Crippen LogP) is 0.248. The van der Waals surface area contributed by atoms with Crippen LogP contribution in [-0.4, -0.2) is 62.9 Å². The SMILES string of the molecule is COC(=O)C(C)(C(C)OC)N1CCCNCC1. The smallest absolute Gasteiger partial charge is 0.328 e. The Hall–Kier alpha value is -0.650. The van der Waals surface area contributed by atoms with E-state index in [9.17, 15) is 4.79 Å². The van der Waals surface area contributed by atoms with Crippen LogP contribution in [0.5, 0.6) is 0 Å². The molecule has 1 aliphatic rings. The van der Waals surface area contributed by atoms with E-state index < -0.39 is 5.54 Å². The molecule has 0 radical (unpaired) electrons. The van der Waals surface area contributed by atoms with Gasteiger partial charge in [0.05, 0.1) is 13.2 Å². The van der Waals surface area contributed by atoms with Crippen molar-refractivity contribution in [1.82, 2.24) is 10.2 Å². The fraction of sp³-hybridized carbons (Fsp3) is 0.917. The lowest BCUT2D eigenvalue weighted by Crippen LogP contribution is -2.60. The molecule has 2 unspecified atom stereocenters. The highest BCUT2D eigenvalue weighted by Gasteiger charge is 2.45. The number of ether oxygens (including phenoxy) is 2. The van der Waals surface area contributed by atoms with Crippen molar-refractivity contribution >= 4 is 5.97 Å². The lowest BCUT2D eigenvalue weighted by atomic mass is 9.93. The molecule has 0 spiro atoms. The van der Waals surface area contributed by atoms with Crippen molar-refractivity contribution in [2.24, 2.45) is 0 Å². The van der Waals surface area contributed by atoms with E-state index in [1.54, 1.807) is 7.11 Å². The lowest BCUT2D eigenvalue weighted by molar-refractivity contribution is -0.163. The van der Waals surface area contributed by atoms with Gasteiger partial charge in [-0.25, -0.2) is 4.79 Å². The van der Waals surface area contributed by atoms with Gasteiger partial charge in [-0.2, -0.15) is 0 Å². The van der Waals surface area contributed by atoms with Gasteiger partial charge in [0.2, 0.25) is 0 Å². The molecule has 1 rings (SSSR count). The molecule has 1 fully saturated rings. The summed E-state index contributed by atoms with van der Waals surface area (Å²) in [6, 6.07) is 0. The Morgan fingerprint density at radius 2 is 2.06 bits per heavy atom. The Bertz CT molecular complexity index is 252. The summed E-state index contributed by atoms with van der Waals surface area (Å²) in [6.45, 7) is 7.41. The highest BCUT2D eigenvalue weighted by atomic mass is 16.5. The van der Waals surface area contributed by atoms with Crippen molar-refractivity contribution < 1.29 is 14.3 Å². The number of hydrogen-bond acceptors (Lipinski definition) is 5. The summed E-state index contributed by atoms with van der Waals surface area (Å²) in [4.78, 5) is 14.2.